The van der Waals surface area contributed by atoms with Gasteiger partial charge in [0, 0.05) is 25.2 Å². The molecule has 0 bridgehead atoms. The van der Waals surface area contributed by atoms with Gasteiger partial charge in [-0.05, 0) is 37.5 Å². The van der Waals surface area contributed by atoms with Crippen LogP contribution < -0.4 is 15.8 Å². The Balaban J connectivity index is 2.78. The summed E-state index contributed by atoms with van der Waals surface area (Å²) < 4.78 is 5.25. The average molecular weight is 252 g/mol. The first-order valence-electron chi connectivity index (χ1n) is 6.33. The highest BCUT2D eigenvalue weighted by Crippen LogP contribution is 2.22. The largest absolute Gasteiger partial charge is 0.496 e. The topological polar surface area (TPSA) is 67.5 Å². The van der Waals surface area contributed by atoms with Crippen LogP contribution in [0.4, 0.5) is 0 Å². The number of aliphatic hydroxyl groups is 1. The number of nitrogens with two attached hydrogens (primary N) is 1. The van der Waals surface area contributed by atoms with E-state index in [1.807, 2.05) is 19.1 Å². The number of rotatable bonds is 7. The molecular weight excluding hydrogens is 228 g/mol. The highest BCUT2D eigenvalue weighted by atomic mass is 16.5. The predicted octanol–water partition coefficient (Wildman–Crippen LogP) is 1.36. The quantitative estimate of drug-likeness (QED) is 0.685. The molecule has 0 aliphatic carbocycles. The Bertz CT molecular complexity index is 369. The van der Waals surface area contributed by atoms with Crippen molar-refractivity contribution in [2.24, 2.45) is 5.73 Å². The molecule has 0 aliphatic heterocycles. The normalized spacial score (nSPS) is 14.3. The third-order valence-corrected chi connectivity index (χ3v) is 3.10. The lowest BCUT2D eigenvalue weighted by Gasteiger charge is -2.22. The van der Waals surface area contributed by atoms with Gasteiger partial charge >= 0.3 is 0 Å². The van der Waals surface area contributed by atoms with Gasteiger partial charge in [-0.25, -0.2) is 0 Å². The molecule has 0 aromatic heterocycles. The maximum atomic E-state index is 8.92. The van der Waals surface area contributed by atoms with Crippen LogP contribution in [0, 0.1) is 6.92 Å². The lowest BCUT2D eigenvalue weighted by Crippen LogP contribution is -2.35. The minimum absolute atomic E-state index is 0.108. The molecule has 1 aromatic rings. The Labute approximate surface area is 109 Å². The van der Waals surface area contributed by atoms with Gasteiger partial charge in [0.1, 0.15) is 5.75 Å². The highest BCUT2D eigenvalue weighted by Gasteiger charge is 2.13. The second-order valence-corrected chi connectivity index (χ2v) is 4.60. The summed E-state index contributed by atoms with van der Waals surface area (Å²) >= 11 is 0. The van der Waals surface area contributed by atoms with Crippen molar-refractivity contribution in [2.45, 2.75) is 32.4 Å². The monoisotopic (exact) mass is 252 g/mol. The fourth-order valence-corrected chi connectivity index (χ4v) is 2.04. The minimum Gasteiger partial charge on any atom is -0.496 e. The van der Waals surface area contributed by atoms with Gasteiger partial charge in [-0.2, -0.15) is 0 Å². The Morgan fingerprint density at radius 1 is 1.44 bits per heavy atom. The van der Waals surface area contributed by atoms with Crippen LogP contribution in [0.25, 0.3) is 0 Å². The molecule has 0 radical (unpaired) electrons. The van der Waals surface area contributed by atoms with Gasteiger partial charge in [-0.1, -0.05) is 12.1 Å². The van der Waals surface area contributed by atoms with Crippen LogP contribution in [-0.2, 0) is 0 Å². The van der Waals surface area contributed by atoms with Gasteiger partial charge in [0.15, 0.2) is 0 Å². The van der Waals surface area contributed by atoms with Crippen molar-refractivity contribution in [1.82, 2.24) is 5.32 Å². The molecule has 2 atom stereocenters. The number of methoxy groups -OCH3 is 1. The van der Waals surface area contributed by atoms with Crippen molar-refractivity contribution >= 4 is 0 Å². The molecule has 0 saturated heterocycles. The van der Waals surface area contributed by atoms with E-state index in [-0.39, 0.29) is 18.7 Å². The van der Waals surface area contributed by atoms with Crippen molar-refractivity contribution in [3.63, 3.8) is 0 Å². The standard InChI is InChI=1S/C14H24N2O2/c1-10-8-12(4-5-14(10)18-3)13(9-15)16-11(2)6-7-17/h4-5,8,11,13,16-17H,6-7,9,15H2,1-3H3. The van der Waals surface area contributed by atoms with E-state index in [1.54, 1.807) is 7.11 Å². The molecule has 0 amide bonds. The predicted molar refractivity (Wildman–Crippen MR) is 73.8 cm³/mol. The van der Waals surface area contributed by atoms with Crippen molar-refractivity contribution in [1.29, 1.82) is 0 Å². The summed E-state index contributed by atoms with van der Waals surface area (Å²) in [7, 11) is 1.67. The zero-order chi connectivity index (χ0) is 13.5. The molecule has 18 heavy (non-hydrogen) atoms. The molecule has 0 fully saturated rings. The number of aliphatic hydroxyl groups excluding tert-OH is 1. The maximum absolute atomic E-state index is 8.92. The van der Waals surface area contributed by atoms with E-state index >= 15 is 0 Å². The summed E-state index contributed by atoms with van der Waals surface area (Å²) in [4.78, 5) is 0. The van der Waals surface area contributed by atoms with E-state index in [4.69, 9.17) is 15.6 Å². The molecular formula is C14H24N2O2. The third kappa shape index (κ3) is 3.98. The van der Waals surface area contributed by atoms with Crippen LogP contribution in [0.5, 0.6) is 5.75 Å². The molecule has 4 nitrogen and oxygen atoms in total. The zero-order valence-corrected chi connectivity index (χ0v) is 11.4. The molecule has 1 aromatic carbocycles. The number of benzene rings is 1. The molecule has 0 saturated carbocycles. The van der Waals surface area contributed by atoms with Crippen LogP contribution >= 0.6 is 0 Å². The second-order valence-electron chi connectivity index (χ2n) is 4.60. The Morgan fingerprint density at radius 2 is 2.17 bits per heavy atom. The van der Waals surface area contributed by atoms with Gasteiger partial charge in [-0.15, -0.1) is 0 Å². The fourth-order valence-electron chi connectivity index (χ4n) is 2.04. The number of hydrogen-bond acceptors (Lipinski definition) is 4. The first kappa shape index (κ1) is 15.0. The van der Waals surface area contributed by atoms with Crippen LogP contribution in [0.2, 0.25) is 0 Å². The van der Waals surface area contributed by atoms with Gasteiger partial charge in [0.25, 0.3) is 0 Å². The Kier molecular flexibility index (Phi) is 6.12. The highest BCUT2D eigenvalue weighted by molar-refractivity contribution is 5.37. The number of aryl methyl sites for hydroxylation is 1. The van der Waals surface area contributed by atoms with Gasteiger partial charge in [0.2, 0.25) is 0 Å². The molecule has 0 heterocycles. The molecule has 1 rings (SSSR count). The van der Waals surface area contributed by atoms with Crippen LogP contribution in [0.3, 0.4) is 0 Å². The van der Waals surface area contributed by atoms with Crippen LogP contribution in [-0.4, -0.2) is 31.4 Å². The summed E-state index contributed by atoms with van der Waals surface area (Å²) in [6.45, 7) is 4.79. The van der Waals surface area contributed by atoms with E-state index in [1.165, 1.54) is 0 Å². The molecule has 4 heteroatoms. The molecule has 4 N–H and O–H groups in total. The molecule has 2 unspecified atom stereocenters. The maximum Gasteiger partial charge on any atom is 0.121 e. The van der Waals surface area contributed by atoms with E-state index in [0.29, 0.717) is 6.54 Å². The van der Waals surface area contributed by atoms with Crippen molar-refractivity contribution < 1.29 is 9.84 Å². The smallest absolute Gasteiger partial charge is 0.121 e. The zero-order valence-electron chi connectivity index (χ0n) is 11.4. The van der Waals surface area contributed by atoms with Crippen molar-refractivity contribution in [3.05, 3.63) is 29.3 Å². The van der Waals surface area contributed by atoms with E-state index in [2.05, 4.69) is 18.3 Å². The summed E-state index contributed by atoms with van der Waals surface area (Å²) in [6, 6.07) is 6.44. The summed E-state index contributed by atoms with van der Waals surface area (Å²) in [5.41, 5.74) is 8.07. The molecule has 0 aliphatic rings. The van der Waals surface area contributed by atoms with E-state index in [0.717, 1.165) is 23.3 Å². The number of hydrogen-bond donors (Lipinski definition) is 3. The van der Waals surface area contributed by atoms with Crippen LogP contribution in [0.15, 0.2) is 18.2 Å². The number of ether oxygens (including phenoxy) is 1. The lowest BCUT2D eigenvalue weighted by atomic mass is 10.0. The second kappa shape index (κ2) is 7.36. The first-order chi connectivity index (χ1) is 8.62. The lowest BCUT2D eigenvalue weighted by molar-refractivity contribution is 0.263. The SMILES string of the molecule is COc1ccc(C(CN)NC(C)CCO)cc1C. The third-order valence-electron chi connectivity index (χ3n) is 3.10. The van der Waals surface area contributed by atoms with Crippen LogP contribution in [0.1, 0.15) is 30.5 Å². The fraction of sp³-hybridized carbons (Fsp3) is 0.571. The first-order valence-corrected chi connectivity index (χ1v) is 6.33. The molecule has 102 valence electrons. The van der Waals surface area contributed by atoms with Crippen molar-refractivity contribution in [3.8, 4) is 5.75 Å². The summed E-state index contributed by atoms with van der Waals surface area (Å²) in [5, 5.41) is 12.3. The van der Waals surface area contributed by atoms with Crippen molar-refractivity contribution in [2.75, 3.05) is 20.3 Å². The van der Waals surface area contributed by atoms with Gasteiger partial charge < -0.3 is 20.9 Å². The van der Waals surface area contributed by atoms with Gasteiger partial charge in [0.05, 0.1) is 7.11 Å². The van der Waals surface area contributed by atoms with E-state index in [9.17, 15) is 0 Å². The number of nitrogens with one attached hydrogen (secondary N) is 1. The summed E-state index contributed by atoms with van der Waals surface area (Å²) in [6.07, 6.45) is 0.728. The summed E-state index contributed by atoms with van der Waals surface area (Å²) in [5.74, 6) is 0.887. The molecule has 0 spiro atoms. The minimum atomic E-state index is 0.108. The van der Waals surface area contributed by atoms with E-state index < -0.39 is 0 Å². The Hall–Kier alpha value is -1.10. The average Bonchev–Trinajstić information content (AvgIpc) is 2.36. The van der Waals surface area contributed by atoms with Gasteiger partial charge in [-0.3, -0.25) is 0 Å². The Morgan fingerprint density at radius 3 is 2.67 bits per heavy atom.